The van der Waals surface area contributed by atoms with E-state index in [0.29, 0.717) is 19.3 Å². The van der Waals surface area contributed by atoms with Crippen LogP contribution in [0.4, 0.5) is 0 Å². The highest BCUT2D eigenvalue weighted by Gasteiger charge is 2.19. The number of hydrogen-bond donors (Lipinski definition) is 0. The molecule has 0 aromatic heterocycles. The molecule has 0 saturated heterocycles. The Labute approximate surface area is 489 Å². The summed E-state index contributed by atoms with van der Waals surface area (Å²) >= 11 is 0. The van der Waals surface area contributed by atoms with Crippen LogP contribution in [0.3, 0.4) is 0 Å². The second-order valence-corrected chi connectivity index (χ2v) is 22.0. The molecular weight excluding hydrogens is 973 g/mol. The van der Waals surface area contributed by atoms with Crippen molar-refractivity contribution in [3.8, 4) is 0 Å². The lowest BCUT2D eigenvalue weighted by atomic mass is 10.0. The first-order chi connectivity index (χ1) is 39.0. The molecule has 0 aliphatic carbocycles. The summed E-state index contributed by atoms with van der Waals surface area (Å²) in [6.45, 7) is 6.49. The number of hydrogen-bond acceptors (Lipinski definition) is 6. The summed E-state index contributed by atoms with van der Waals surface area (Å²) < 4.78 is 16.9. The highest BCUT2D eigenvalue weighted by molar-refractivity contribution is 5.71. The van der Waals surface area contributed by atoms with Crippen molar-refractivity contribution in [1.82, 2.24) is 0 Å². The van der Waals surface area contributed by atoms with Crippen molar-refractivity contribution < 1.29 is 28.6 Å². The van der Waals surface area contributed by atoms with E-state index >= 15 is 0 Å². The van der Waals surface area contributed by atoms with Gasteiger partial charge in [-0.2, -0.15) is 0 Å². The van der Waals surface area contributed by atoms with Crippen molar-refractivity contribution in [3.63, 3.8) is 0 Å². The van der Waals surface area contributed by atoms with E-state index in [1.807, 2.05) is 0 Å². The third-order valence-corrected chi connectivity index (χ3v) is 14.2. The number of unbranched alkanes of at least 4 members (excludes halogenated alkanes) is 31. The van der Waals surface area contributed by atoms with E-state index < -0.39 is 6.10 Å². The fourth-order valence-electron chi connectivity index (χ4n) is 9.24. The molecule has 0 aliphatic rings. The molecule has 0 heterocycles. The van der Waals surface area contributed by atoms with Crippen molar-refractivity contribution >= 4 is 17.9 Å². The van der Waals surface area contributed by atoms with E-state index in [4.69, 9.17) is 14.2 Å². The van der Waals surface area contributed by atoms with Crippen molar-refractivity contribution in [2.75, 3.05) is 13.2 Å². The molecule has 79 heavy (non-hydrogen) atoms. The number of allylic oxidation sites excluding steroid dienone is 18. The Kier molecular flexibility index (Phi) is 63.3. The highest BCUT2D eigenvalue weighted by atomic mass is 16.6. The molecule has 6 nitrogen and oxygen atoms in total. The van der Waals surface area contributed by atoms with Crippen LogP contribution in [0.5, 0.6) is 0 Å². The largest absolute Gasteiger partial charge is 0.462 e. The minimum absolute atomic E-state index is 0.0896. The van der Waals surface area contributed by atoms with Gasteiger partial charge in [0.25, 0.3) is 0 Å². The molecule has 0 aliphatic heterocycles. The molecule has 1 atom stereocenters. The van der Waals surface area contributed by atoms with E-state index in [1.54, 1.807) is 0 Å². The molecule has 0 N–H and O–H groups in total. The molecule has 6 heteroatoms. The van der Waals surface area contributed by atoms with Gasteiger partial charge in [0.1, 0.15) is 13.2 Å². The monoisotopic (exact) mass is 1100 g/mol. The maximum absolute atomic E-state index is 12.9. The van der Waals surface area contributed by atoms with Gasteiger partial charge in [0.05, 0.1) is 0 Å². The predicted molar refractivity (Wildman–Crippen MR) is 343 cm³/mol. The highest BCUT2D eigenvalue weighted by Crippen LogP contribution is 2.16. The van der Waals surface area contributed by atoms with Crippen LogP contribution in [0.25, 0.3) is 0 Å². The first-order valence-electron chi connectivity index (χ1n) is 33.4. The van der Waals surface area contributed by atoms with Gasteiger partial charge in [-0.3, -0.25) is 14.4 Å². The molecular formula is C73H124O6. The van der Waals surface area contributed by atoms with E-state index in [9.17, 15) is 14.4 Å². The first-order valence-corrected chi connectivity index (χ1v) is 33.4. The van der Waals surface area contributed by atoms with Gasteiger partial charge < -0.3 is 14.2 Å². The average molecular weight is 1100 g/mol. The van der Waals surface area contributed by atoms with Crippen LogP contribution in [-0.2, 0) is 28.6 Å². The minimum Gasteiger partial charge on any atom is -0.462 e. The van der Waals surface area contributed by atoms with E-state index in [2.05, 4.69) is 130 Å². The quantitative estimate of drug-likeness (QED) is 0.0261. The standard InChI is InChI=1S/C73H124O6/c1-4-7-10-13-16-19-22-25-28-30-32-34-36-38-40-42-45-48-51-54-57-60-63-66-72(75)78-69-70(68-77-71(74)65-62-59-56-53-50-47-44-27-24-21-18-15-12-9-6-3)79-73(76)67-64-61-58-55-52-49-46-43-41-39-37-35-33-31-29-26-23-20-17-14-11-8-5-2/h7,10,16,18-19,21,23,25-28,31-34,38,40,44,70H,4-6,8-9,11-15,17,20,22,24,29-30,35-37,39,41-43,45-69H2,1-3H3/b10-7-,19-16-,21-18-,26-23-,28-25-,33-31-,34-32-,40-38-,44-27-. The molecule has 0 amide bonds. The topological polar surface area (TPSA) is 78.9 Å². The fraction of sp³-hybridized carbons (Fsp3) is 0.712. The SMILES string of the molecule is CC/C=C\C/C=C\C/C=C\C/C=C\C/C=C\CCCCCCCCCC(=O)OCC(COC(=O)CCCCCCC/C=C\C/C=C\CCCCC)OC(=O)CCCCCCCCCCCCC/C=C\C/C=C\CCCCCCC. The Morgan fingerprint density at radius 1 is 0.266 bits per heavy atom. The van der Waals surface area contributed by atoms with E-state index in [1.165, 1.54) is 148 Å². The lowest BCUT2D eigenvalue weighted by Gasteiger charge is -2.18. The predicted octanol–water partition coefficient (Wildman–Crippen LogP) is 23.0. The molecule has 0 radical (unpaired) electrons. The number of esters is 3. The second-order valence-electron chi connectivity index (χ2n) is 22.0. The van der Waals surface area contributed by atoms with Gasteiger partial charge in [-0.1, -0.05) is 278 Å². The smallest absolute Gasteiger partial charge is 0.306 e. The van der Waals surface area contributed by atoms with Crippen molar-refractivity contribution in [3.05, 3.63) is 109 Å². The fourth-order valence-corrected chi connectivity index (χ4v) is 9.24. The van der Waals surface area contributed by atoms with Gasteiger partial charge in [0, 0.05) is 19.3 Å². The zero-order valence-electron chi connectivity index (χ0n) is 51.9. The van der Waals surface area contributed by atoms with Gasteiger partial charge in [0.15, 0.2) is 6.10 Å². The summed E-state index contributed by atoms with van der Waals surface area (Å²) in [4.78, 5) is 38.4. The zero-order valence-corrected chi connectivity index (χ0v) is 51.9. The Hall–Kier alpha value is -3.93. The average Bonchev–Trinajstić information content (AvgIpc) is 3.45. The Balaban J connectivity index is 4.40. The zero-order chi connectivity index (χ0) is 57.1. The van der Waals surface area contributed by atoms with Gasteiger partial charge in [-0.15, -0.1) is 0 Å². The van der Waals surface area contributed by atoms with Gasteiger partial charge in [-0.25, -0.2) is 0 Å². The summed E-state index contributed by atoms with van der Waals surface area (Å²) in [6, 6.07) is 0. The summed E-state index contributed by atoms with van der Waals surface area (Å²) in [6.07, 6.45) is 90.9. The third kappa shape index (κ3) is 64.8. The van der Waals surface area contributed by atoms with Crippen LogP contribution in [0, 0.1) is 0 Å². The Morgan fingerprint density at radius 3 is 0.797 bits per heavy atom. The first kappa shape index (κ1) is 75.1. The molecule has 0 bridgehead atoms. The molecule has 0 aromatic rings. The number of ether oxygens (including phenoxy) is 3. The number of carbonyl (C=O) groups is 3. The third-order valence-electron chi connectivity index (χ3n) is 14.2. The van der Waals surface area contributed by atoms with Gasteiger partial charge in [-0.05, 0) is 128 Å². The summed E-state index contributed by atoms with van der Waals surface area (Å²) in [5.74, 6) is -0.906. The molecule has 0 rings (SSSR count). The van der Waals surface area contributed by atoms with Crippen LogP contribution in [0.2, 0.25) is 0 Å². The van der Waals surface area contributed by atoms with Crippen molar-refractivity contribution in [2.24, 2.45) is 0 Å². The van der Waals surface area contributed by atoms with Gasteiger partial charge >= 0.3 is 17.9 Å². The van der Waals surface area contributed by atoms with Crippen molar-refractivity contribution in [2.45, 2.75) is 322 Å². The lowest BCUT2D eigenvalue weighted by Crippen LogP contribution is -2.30. The molecule has 0 fully saturated rings. The minimum atomic E-state index is -0.793. The summed E-state index contributed by atoms with van der Waals surface area (Å²) in [5, 5.41) is 0. The number of rotatable bonds is 60. The summed E-state index contributed by atoms with van der Waals surface area (Å²) in [5.41, 5.74) is 0. The van der Waals surface area contributed by atoms with Crippen LogP contribution in [0.1, 0.15) is 316 Å². The summed E-state index contributed by atoms with van der Waals surface area (Å²) in [7, 11) is 0. The normalized spacial score (nSPS) is 12.8. The van der Waals surface area contributed by atoms with Crippen LogP contribution >= 0.6 is 0 Å². The maximum atomic E-state index is 12.9. The van der Waals surface area contributed by atoms with E-state index in [0.717, 1.165) is 128 Å². The van der Waals surface area contributed by atoms with Crippen molar-refractivity contribution in [1.29, 1.82) is 0 Å². The van der Waals surface area contributed by atoms with E-state index in [-0.39, 0.29) is 31.1 Å². The molecule has 0 saturated carbocycles. The van der Waals surface area contributed by atoms with Crippen LogP contribution in [0.15, 0.2) is 109 Å². The molecule has 0 aromatic carbocycles. The maximum Gasteiger partial charge on any atom is 0.306 e. The molecule has 1 unspecified atom stereocenters. The van der Waals surface area contributed by atoms with Crippen LogP contribution in [-0.4, -0.2) is 37.2 Å². The Morgan fingerprint density at radius 2 is 0.494 bits per heavy atom. The molecule has 452 valence electrons. The van der Waals surface area contributed by atoms with Gasteiger partial charge in [0.2, 0.25) is 0 Å². The lowest BCUT2D eigenvalue weighted by molar-refractivity contribution is -0.167. The van der Waals surface area contributed by atoms with Crippen LogP contribution < -0.4 is 0 Å². The molecule has 0 spiro atoms. The Bertz CT molecular complexity index is 1590. The second kappa shape index (κ2) is 66.6. The number of carbonyl (C=O) groups excluding carboxylic acids is 3.